The molecule has 0 amide bonds. The van der Waals surface area contributed by atoms with Crippen LogP contribution in [0.15, 0.2) is 0 Å². The van der Waals surface area contributed by atoms with Crippen LogP contribution in [0, 0.1) is 5.41 Å². The molecule has 0 aromatic heterocycles. The highest BCUT2D eigenvalue weighted by Gasteiger charge is 2.37. The van der Waals surface area contributed by atoms with Crippen molar-refractivity contribution in [2.75, 3.05) is 0 Å². The number of rotatable bonds is 8. The summed E-state index contributed by atoms with van der Waals surface area (Å²) in [6.07, 6.45) is 8.63. The van der Waals surface area contributed by atoms with E-state index in [2.05, 4.69) is 34.6 Å². The minimum Gasteiger partial charge on any atom is -0.0654 e. The second-order valence-corrected chi connectivity index (χ2v) is 5.60. The summed E-state index contributed by atoms with van der Waals surface area (Å²) in [5.74, 6) is 0. The summed E-state index contributed by atoms with van der Waals surface area (Å²) in [7, 11) is 6.64. The Kier molecular flexibility index (Phi) is 6.63. The standard InChI is InChI=1S/C14H29B/c1-6-9-10-12-14(15,11-7-2)13(4,5)8-3/h6-12H2,1-5H3. The summed E-state index contributed by atoms with van der Waals surface area (Å²) in [6, 6.07) is 0. The molecule has 88 valence electrons. The van der Waals surface area contributed by atoms with Crippen LogP contribution in [0.25, 0.3) is 0 Å². The average Bonchev–Trinajstić information content (AvgIpc) is 2.18. The van der Waals surface area contributed by atoms with Crippen molar-refractivity contribution in [1.82, 2.24) is 0 Å². The fourth-order valence-corrected chi connectivity index (χ4v) is 2.29. The van der Waals surface area contributed by atoms with Gasteiger partial charge in [-0.15, -0.1) is 0 Å². The van der Waals surface area contributed by atoms with Crippen LogP contribution in [0.3, 0.4) is 0 Å². The number of hydrogen-bond donors (Lipinski definition) is 0. The molecular weight excluding hydrogens is 179 g/mol. The van der Waals surface area contributed by atoms with Gasteiger partial charge in [0.25, 0.3) is 0 Å². The smallest absolute Gasteiger partial charge is 0.0654 e. The first-order valence-electron chi connectivity index (χ1n) is 6.72. The van der Waals surface area contributed by atoms with Crippen molar-refractivity contribution in [3.05, 3.63) is 0 Å². The Morgan fingerprint density at radius 3 is 1.87 bits per heavy atom. The molecule has 0 spiro atoms. The zero-order chi connectivity index (χ0) is 11.9. The lowest BCUT2D eigenvalue weighted by Gasteiger charge is -2.45. The molecule has 15 heavy (non-hydrogen) atoms. The van der Waals surface area contributed by atoms with E-state index in [1.54, 1.807) is 0 Å². The van der Waals surface area contributed by atoms with Crippen LogP contribution >= 0.6 is 0 Å². The van der Waals surface area contributed by atoms with E-state index in [1.807, 2.05) is 0 Å². The Bertz CT molecular complexity index is 163. The van der Waals surface area contributed by atoms with Gasteiger partial charge in [0.1, 0.15) is 0 Å². The highest BCUT2D eigenvalue weighted by atomic mass is 14.4. The van der Waals surface area contributed by atoms with E-state index in [0.717, 1.165) is 6.42 Å². The third kappa shape index (κ3) is 4.21. The summed E-state index contributed by atoms with van der Waals surface area (Å²) in [4.78, 5) is 0. The molecule has 1 unspecified atom stereocenters. The number of unbranched alkanes of at least 4 members (excludes halogenated alkanes) is 2. The maximum Gasteiger partial charge on any atom is 0.0753 e. The topological polar surface area (TPSA) is 0 Å². The molecule has 0 saturated heterocycles. The van der Waals surface area contributed by atoms with Crippen molar-refractivity contribution >= 4 is 7.85 Å². The maximum absolute atomic E-state index is 6.64. The first-order chi connectivity index (χ1) is 6.93. The van der Waals surface area contributed by atoms with Gasteiger partial charge in [-0.25, -0.2) is 0 Å². The lowest BCUT2D eigenvalue weighted by atomic mass is 9.49. The van der Waals surface area contributed by atoms with E-state index in [1.165, 1.54) is 38.5 Å². The Labute approximate surface area is 98.6 Å². The Balaban J connectivity index is 4.43. The maximum atomic E-state index is 6.64. The van der Waals surface area contributed by atoms with E-state index >= 15 is 0 Å². The monoisotopic (exact) mass is 208 g/mol. The summed E-state index contributed by atoms with van der Waals surface area (Å²) < 4.78 is 0. The molecule has 0 heterocycles. The molecule has 1 heteroatoms. The summed E-state index contributed by atoms with van der Waals surface area (Å²) in [5, 5.41) is 0.0473. The van der Waals surface area contributed by atoms with Crippen molar-refractivity contribution in [2.24, 2.45) is 5.41 Å². The molecule has 0 saturated carbocycles. The normalized spacial score (nSPS) is 16.3. The van der Waals surface area contributed by atoms with Gasteiger partial charge >= 0.3 is 0 Å². The van der Waals surface area contributed by atoms with Gasteiger partial charge < -0.3 is 0 Å². The van der Waals surface area contributed by atoms with Gasteiger partial charge in [0.2, 0.25) is 0 Å². The number of hydrogen-bond acceptors (Lipinski definition) is 0. The third-order valence-electron chi connectivity index (χ3n) is 4.15. The van der Waals surface area contributed by atoms with Crippen LogP contribution in [0.2, 0.25) is 5.31 Å². The zero-order valence-corrected chi connectivity index (χ0v) is 11.5. The molecule has 0 N–H and O–H groups in total. The highest BCUT2D eigenvalue weighted by Crippen LogP contribution is 2.52. The van der Waals surface area contributed by atoms with Crippen LogP contribution in [0.4, 0.5) is 0 Å². The minimum atomic E-state index is 0.0473. The summed E-state index contributed by atoms with van der Waals surface area (Å²) in [5.41, 5.74) is 0.275. The van der Waals surface area contributed by atoms with Gasteiger partial charge in [-0.05, 0) is 5.41 Å². The van der Waals surface area contributed by atoms with E-state index < -0.39 is 0 Å². The Morgan fingerprint density at radius 1 is 0.867 bits per heavy atom. The van der Waals surface area contributed by atoms with E-state index in [0.29, 0.717) is 0 Å². The SMILES string of the molecule is [B]C(CCC)(CCCCC)C(C)(C)CC. The fraction of sp³-hybridized carbons (Fsp3) is 1.00. The lowest BCUT2D eigenvalue weighted by molar-refractivity contribution is 0.193. The minimum absolute atomic E-state index is 0.0473. The fourth-order valence-electron chi connectivity index (χ4n) is 2.29. The van der Waals surface area contributed by atoms with Crippen molar-refractivity contribution in [2.45, 2.75) is 84.9 Å². The molecule has 0 aromatic rings. The van der Waals surface area contributed by atoms with E-state index in [4.69, 9.17) is 7.85 Å². The molecular formula is C14H29B. The first kappa shape index (κ1) is 15.1. The zero-order valence-electron chi connectivity index (χ0n) is 11.5. The molecule has 1 atom stereocenters. The van der Waals surface area contributed by atoms with Crippen LogP contribution < -0.4 is 0 Å². The predicted molar refractivity (Wildman–Crippen MR) is 71.6 cm³/mol. The van der Waals surface area contributed by atoms with Crippen LogP contribution in [0.5, 0.6) is 0 Å². The van der Waals surface area contributed by atoms with Crippen molar-refractivity contribution in [3.63, 3.8) is 0 Å². The second kappa shape index (κ2) is 6.61. The average molecular weight is 208 g/mol. The van der Waals surface area contributed by atoms with Gasteiger partial charge in [-0.2, -0.15) is 0 Å². The molecule has 0 aliphatic carbocycles. The third-order valence-corrected chi connectivity index (χ3v) is 4.15. The van der Waals surface area contributed by atoms with Crippen molar-refractivity contribution in [1.29, 1.82) is 0 Å². The molecule has 0 nitrogen and oxygen atoms in total. The van der Waals surface area contributed by atoms with Gasteiger partial charge in [0, 0.05) is 0 Å². The van der Waals surface area contributed by atoms with Gasteiger partial charge in [0.05, 0.1) is 7.85 Å². The van der Waals surface area contributed by atoms with Crippen LogP contribution in [-0.4, -0.2) is 7.85 Å². The molecule has 2 radical (unpaired) electrons. The van der Waals surface area contributed by atoms with Crippen LogP contribution in [-0.2, 0) is 0 Å². The molecule has 0 rings (SSSR count). The first-order valence-corrected chi connectivity index (χ1v) is 6.72. The van der Waals surface area contributed by atoms with Crippen LogP contribution in [0.1, 0.15) is 79.6 Å². The van der Waals surface area contributed by atoms with Gasteiger partial charge in [-0.1, -0.05) is 84.9 Å². The Hall–Kier alpha value is 0.0649. The summed E-state index contributed by atoms with van der Waals surface area (Å²) in [6.45, 7) is 11.4. The largest absolute Gasteiger partial charge is 0.0753 e. The van der Waals surface area contributed by atoms with Crippen molar-refractivity contribution < 1.29 is 0 Å². The molecule has 0 aliphatic heterocycles. The molecule has 0 bridgehead atoms. The van der Waals surface area contributed by atoms with Crippen molar-refractivity contribution in [3.8, 4) is 0 Å². The molecule has 0 aliphatic rings. The quantitative estimate of drug-likeness (QED) is 0.383. The second-order valence-electron chi connectivity index (χ2n) is 5.60. The van der Waals surface area contributed by atoms with Gasteiger partial charge in [0.15, 0.2) is 0 Å². The predicted octanol–water partition coefficient (Wildman–Crippen LogP) is 5.13. The lowest BCUT2D eigenvalue weighted by Crippen LogP contribution is -2.31. The molecule has 0 fully saturated rings. The van der Waals surface area contributed by atoms with Gasteiger partial charge in [-0.3, -0.25) is 0 Å². The summed E-state index contributed by atoms with van der Waals surface area (Å²) >= 11 is 0. The highest BCUT2D eigenvalue weighted by molar-refractivity contribution is 6.15. The Morgan fingerprint density at radius 2 is 1.47 bits per heavy atom. The molecule has 0 aromatic carbocycles. The van der Waals surface area contributed by atoms with E-state index in [9.17, 15) is 0 Å². The van der Waals surface area contributed by atoms with E-state index in [-0.39, 0.29) is 10.7 Å².